The summed E-state index contributed by atoms with van der Waals surface area (Å²) in [5, 5.41) is 0. The number of H-pyrrole nitrogens is 2. The Morgan fingerprint density at radius 2 is 1.18 bits per heavy atom. The number of nitrogens with zero attached hydrogens (tertiary/aromatic N) is 6. The molecule has 0 fully saturated rings. The predicted octanol–water partition coefficient (Wildman–Crippen LogP) is 2.47. The van der Waals surface area contributed by atoms with E-state index in [2.05, 4.69) is 29.9 Å². The van der Waals surface area contributed by atoms with Crippen LogP contribution in [0, 0.1) is 0 Å². The van der Waals surface area contributed by atoms with Gasteiger partial charge in [0.25, 0.3) is 0 Å². The van der Waals surface area contributed by atoms with Crippen molar-refractivity contribution < 1.29 is 0 Å². The molecule has 0 amide bonds. The molecule has 0 spiro atoms. The quantitative estimate of drug-likeness (QED) is 0.546. The van der Waals surface area contributed by atoms with Crippen molar-refractivity contribution in [2.45, 2.75) is 0 Å². The summed E-state index contributed by atoms with van der Waals surface area (Å²) in [4.78, 5) is 22.8. The van der Waals surface area contributed by atoms with Gasteiger partial charge in [-0.05, 0) is 0 Å². The summed E-state index contributed by atoms with van der Waals surface area (Å²) in [5.74, 6) is 0. The molecule has 0 unspecified atom stereocenters. The molecule has 0 aliphatic carbocycles. The molecule has 4 aromatic rings. The van der Waals surface area contributed by atoms with Crippen LogP contribution in [0.4, 0.5) is 0 Å². The van der Waals surface area contributed by atoms with Gasteiger partial charge in [-0.2, -0.15) is 0 Å². The van der Waals surface area contributed by atoms with Crippen LogP contribution in [0.25, 0.3) is 22.8 Å². The summed E-state index contributed by atoms with van der Waals surface area (Å²) in [6, 6.07) is 0. The van der Waals surface area contributed by atoms with Crippen molar-refractivity contribution in [3.8, 4) is 22.8 Å². The van der Waals surface area contributed by atoms with Gasteiger partial charge in [-0.25, -0.2) is 19.9 Å². The van der Waals surface area contributed by atoms with Crippen LogP contribution in [-0.4, -0.2) is 37.8 Å². The van der Waals surface area contributed by atoms with Gasteiger partial charge < -0.3 is 9.97 Å². The van der Waals surface area contributed by atoms with Gasteiger partial charge >= 0.3 is 0 Å². The van der Waals surface area contributed by atoms with Crippen molar-refractivity contribution in [1.82, 2.24) is 37.8 Å². The van der Waals surface area contributed by atoms with Crippen LogP contribution in [0.2, 0.25) is 0 Å². The highest BCUT2D eigenvalue weighted by Gasteiger charge is 2.07. The van der Waals surface area contributed by atoms with Gasteiger partial charge in [0, 0.05) is 24.8 Å². The van der Waals surface area contributed by atoms with Gasteiger partial charge in [-0.15, -0.1) is 0 Å². The Bertz CT molecular complexity index is 773. The Balaban J connectivity index is 1.43. The lowest BCUT2D eigenvalue weighted by atomic mass is 10.4. The molecule has 4 aromatic heterocycles. The number of nitrogens with one attached hydrogen (secondary N) is 2. The minimum absolute atomic E-state index is 0.827. The van der Waals surface area contributed by atoms with Crippen molar-refractivity contribution >= 4 is 22.0 Å². The lowest BCUT2D eigenvalue weighted by Gasteiger charge is -1.99. The summed E-state index contributed by atoms with van der Waals surface area (Å²) < 4.78 is 3.84. The van der Waals surface area contributed by atoms with Gasteiger partial charge in [0.15, 0.2) is 0 Å². The molecule has 0 saturated carbocycles. The summed E-state index contributed by atoms with van der Waals surface area (Å²) in [6.45, 7) is 0. The van der Waals surface area contributed by atoms with Crippen molar-refractivity contribution in [2.24, 2.45) is 0 Å². The van der Waals surface area contributed by atoms with E-state index in [1.807, 2.05) is 32.7 Å². The first kappa shape index (κ1) is 13.2. The van der Waals surface area contributed by atoms with Crippen LogP contribution in [-0.2, 0) is 0 Å². The van der Waals surface area contributed by atoms with E-state index in [0.29, 0.717) is 0 Å². The van der Waals surface area contributed by atoms with Crippen LogP contribution in [0.15, 0.2) is 50.1 Å². The van der Waals surface area contributed by atoms with E-state index in [4.69, 9.17) is 0 Å². The molecule has 0 bridgehead atoms. The Hall–Kier alpha value is -2.46. The molecule has 0 saturated heterocycles. The normalized spacial score (nSPS) is 11.1. The summed E-state index contributed by atoms with van der Waals surface area (Å²) >= 11 is 0. The Morgan fingerprint density at radius 1 is 0.682 bits per heavy atom. The van der Waals surface area contributed by atoms with Gasteiger partial charge in [-0.1, -0.05) is 0 Å². The van der Waals surface area contributed by atoms with Crippen molar-refractivity contribution in [3.05, 3.63) is 50.1 Å². The molecular formula is C12H10N8S2. The topological polar surface area (TPSA) is 93.0 Å². The summed E-state index contributed by atoms with van der Waals surface area (Å²) in [6.07, 6.45) is 14.3. The molecule has 0 radical (unpaired) electrons. The Morgan fingerprint density at radius 3 is 1.59 bits per heavy atom. The highest BCUT2D eigenvalue weighted by atomic mass is 33.1. The van der Waals surface area contributed by atoms with Gasteiger partial charge in [-0.3, -0.25) is 7.94 Å². The molecule has 0 aliphatic heterocycles. The first-order valence-corrected chi connectivity index (χ1v) is 8.36. The predicted molar refractivity (Wildman–Crippen MR) is 85.6 cm³/mol. The average molecular weight is 330 g/mol. The molecule has 0 atom stereocenters. The third kappa shape index (κ3) is 2.65. The van der Waals surface area contributed by atoms with Crippen molar-refractivity contribution in [3.63, 3.8) is 0 Å². The Kier molecular flexibility index (Phi) is 3.45. The van der Waals surface area contributed by atoms with E-state index >= 15 is 0 Å². The molecule has 2 N–H and O–H groups in total. The number of aromatic amines is 2. The number of rotatable bonds is 5. The van der Waals surface area contributed by atoms with Crippen molar-refractivity contribution in [1.29, 1.82) is 0 Å². The fourth-order valence-corrected chi connectivity index (χ4v) is 3.40. The fraction of sp³-hybridized carbons (Fsp3) is 0. The standard InChI is InChI=1S/C12H10N8S2/c1-9(15-5-13-1)11-3-19(7-17-11)21-22-20-4-12(18-8-20)10-2-14-6-16-10/h1-8H,(H,13,15)(H,14,16). The molecular weight excluding hydrogens is 320 g/mol. The second-order valence-electron chi connectivity index (χ2n) is 4.30. The van der Waals surface area contributed by atoms with E-state index < -0.39 is 0 Å². The number of aromatic nitrogens is 8. The minimum Gasteiger partial charge on any atom is -0.351 e. The molecule has 4 rings (SSSR count). The SMILES string of the molecule is c1nc(-c2cn(SSn3cnc(-c4c[nH]cn4)c3)cn2)c[nH]1. The highest BCUT2D eigenvalue weighted by molar-refractivity contribution is 8.75. The zero-order valence-corrected chi connectivity index (χ0v) is 12.8. The fourth-order valence-electron chi connectivity index (χ4n) is 1.84. The van der Waals surface area contributed by atoms with Crippen LogP contribution < -0.4 is 0 Å². The van der Waals surface area contributed by atoms with E-state index in [1.165, 1.54) is 22.0 Å². The maximum atomic E-state index is 4.32. The molecule has 22 heavy (non-hydrogen) atoms. The van der Waals surface area contributed by atoms with Gasteiger partial charge in [0.05, 0.1) is 34.6 Å². The van der Waals surface area contributed by atoms with E-state index in [-0.39, 0.29) is 0 Å². The van der Waals surface area contributed by atoms with E-state index in [1.54, 1.807) is 25.3 Å². The molecule has 4 heterocycles. The third-order valence-corrected chi connectivity index (χ3v) is 4.89. The molecule has 10 heteroatoms. The van der Waals surface area contributed by atoms with Crippen LogP contribution in [0.3, 0.4) is 0 Å². The Labute approximate surface area is 133 Å². The monoisotopic (exact) mass is 330 g/mol. The van der Waals surface area contributed by atoms with E-state index in [0.717, 1.165) is 22.8 Å². The number of hydrogen-bond donors (Lipinski definition) is 2. The minimum atomic E-state index is 0.827. The smallest absolute Gasteiger partial charge is 0.109 e. The number of imidazole rings is 4. The lowest BCUT2D eigenvalue weighted by Crippen LogP contribution is -1.81. The average Bonchev–Trinajstić information content (AvgIpc) is 3.33. The molecule has 0 aromatic carbocycles. The largest absolute Gasteiger partial charge is 0.351 e. The molecule has 8 nitrogen and oxygen atoms in total. The second kappa shape index (κ2) is 5.73. The molecule has 110 valence electrons. The first-order chi connectivity index (χ1) is 10.9. The summed E-state index contributed by atoms with van der Waals surface area (Å²) in [7, 11) is 3.06. The van der Waals surface area contributed by atoms with Crippen LogP contribution in [0.5, 0.6) is 0 Å². The molecule has 0 aliphatic rings. The first-order valence-electron chi connectivity index (χ1n) is 6.30. The third-order valence-electron chi connectivity index (χ3n) is 2.85. The maximum absolute atomic E-state index is 4.32. The van der Waals surface area contributed by atoms with Crippen LogP contribution >= 0.6 is 22.0 Å². The van der Waals surface area contributed by atoms with Gasteiger partial charge in [0.2, 0.25) is 0 Å². The number of hydrogen-bond acceptors (Lipinski definition) is 6. The zero-order chi connectivity index (χ0) is 14.8. The highest BCUT2D eigenvalue weighted by Crippen LogP contribution is 2.28. The lowest BCUT2D eigenvalue weighted by molar-refractivity contribution is 1.23. The second-order valence-corrected chi connectivity index (χ2v) is 6.33. The van der Waals surface area contributed by atoms with E-state index in [9.17, 15) is 0 Å². The zero-order valence-electron chi connectivity index (χ0n) is 11.1. The summed E-state index contributed by atoms with van der Waals surface area (Å²) in [5.41, 5.74) is 3.31. The maximum Gasteiger partial charge on any atom is 0.109 e. The van der Waals surface area contributed by atoms with Crippen LogP contribution in [0.1, 0.15) is 0 Å². The van der Waals surface area contributed by atoms with Crippen molar-refractivity contribution in [2.75, 3.05) is 0 Å². The van der Waals surface area contributed by atoms with Gasteiger partial charge in [0.1, 0.15) is 35.4 Å².